The highest BCUT2D eigenvalue weighted by Crippen LogP contribution is 2.10. The van der Waals surface area contributed by atoms with E-state index >= 15 is 0 Å². The third-order valence-electron chi connectivity index (χ3n) is 7.14. The lowest BCUT2D eigenvalue weighted by molar-refractivity contribution is -0.145. The van der Waals surface area contributed by atoms with Crippen LogP contribution in [0.25, 0.3) is 33.5 Å². The molecule has 54 heavy (non-hydrogen) atoms. The fourth-order valence-corrected chi connectivity index (χ4v) is 4.81. The molecule has 0 saturated carbocycles. The molecule has 6 aromatic heterocycles. The maximum absolute atomic E-state index is 11.8. The van der Waals surface area contributed by atoms with Gasteiger partial charge in [0.1, 0.15) is 42.7 Å². The van der Waals surface area contributed by atoms with Crippen LogP contribution in [0.2, 0.25) is 0 Å². The molecule has 0 fully saturated rings. The number of fused-ring (bicyclic) bond motifs is 3. The largest absolute Gasteiger partial charge is 0.480 e. The number of benzene rings is 2. The molecular formula is C38H34BrN9O6. The summed E-state index contributed by atoms with van der Waals surface area (Å²) in [5.74, 6) is -1.44. The number of nitrogens with zero attached hydrogens (tertiary/aromatic N) is 8. The van der Waals surface area contributed by atoms with E-state index in [0.717, 1.165) is 27.8 Å². The van der Waals surface area contributed by atoms with E-state index < -0.39 is 5.97 Å². The summed E-state index contributed by atoms with van der Waals surface area (Å²) in [4.78, 5) is 60.3. The van der Waals surface area contributed by atoms with Crippen molar-refractivity contribution in [2.24, 2.45) is 0 Å². The number of pyridine rings is 3. The quantitative estimate of drug-likeness (QED) is 0.133. The van der Waals surface area contributed by atoms with Crippen LogP contribution in [0.15, 0.2) is 135 Å². The number of halogens is 1. The number of aromatic amines is 1. The Labute approximate surface area is 316 Å². The number of aliphatic carboxylic acids is 1. The van der Waals surface area contributed by atoms with Crippen molar-refractivity contribution in [3.63, 3.8) is 0 Å². The first kappa shape index (κ1) is 38.4. The van der Waals surface area contributed by atoms with Gasteiger partial charge in [-0.3, -0.25) is 14.4 Å². The summed E-state index contributed by atoms with van der Waals surface area (Å²) >= 11 is 3.01. The number of hydrogen-bond acceptors (Lipinski definition) is 11. The van der Waals surface area contributed by atoms with Crippen molar-refractivity contribution in [2.75, 3.05) is 5.33 Å². The van der Waals surface area contributed by atoms with Gasteiger partial charge >= 0.3 is 17.9 Å². The van der Waals surface area contributed by atoms with E-state index in [-0.39, 0.29) is 37.0 Å². The molecule has 0 bridgehead atoms. The summed E-state index contributed by atoms with van der Waals surface area (Å²) in [5.41, 5.74) is 6.50. The van der Waals surface area contributed by atoms with Gasteiger partial charge in [0.15, 0.2) is 16.9 Å². The second kappa shape index (κ2) is 20.3. The Morgan fingerprint density at radius 1 is 0.611 bits per heavy atom. The summed E-state index contributed by atoms with van der Waals surface area (Å²) < 4.78 is 13.3. The molecule has 0 aliphatic heterocycles. The fourth-order valence-electron chi connectivity index (χ4n) is 4.65. The zero-order valence-corrected chi connectivity index (χ0v) is 30.3. The van der Waals surface area contributed by atoms with Crippen molar-refractivity contribution < 1.29 is 29.0 Å². The lowest BCUT2D eigenvalue weighted by Crippen LogP contribution is -2.13. The number of ether oxygens (including phenoxy) is 2. The van der Waals surface area contributed by atoms with Gasteiger partial charge in [-0.25, -0.2) is 29.9 Å². The Morgan fingerprint density at radius 2 is 1.13 bits per heavy atom. The second-order valence-electron chi connectivity index (χ2n) is 11.0. The van der Waals surface area contributed by atoms with Gasteiger partial charge in [-0.15, -0.1) is 0 Å². The van der Waals surface area contributed by atoms with Gasteiger partial charge in [-0.1, -0.05) is 76.6 Å². The molecule has 2 aromatic carbocycles. The van der Waals surface area contributed by atoms with Gasteiger partial charge in [0.25, 0.3) is 0 Å². The van der Waals surface area contributed by atoms with E-state index in [9.17, 15) is 14.4 Å². The average Bonchev–Trinajstić information content (AvgIpc) is 3.97. The highest BCUT2D eigenvalue weighted by atomic mass is 79.9. The van der Waals surface area contributed by atoms with Crippen LogP contribution < -0.4 is 0 Å². The predicted molar refractivity (Wildman–Crippen MR) is 203 cm³/mol. The molecule has 2 N–H and O–H groups in total. The highest BCUT2D eigenvalue weighted by molar-refractivity contribution is 9.09. The van der Waals surface area contributed by atoms with Gasteiger partial charge in [0.2, 0.25) is 0 Å². The molecular weight excluding hydrogens is 758 g/mol. The minimum Gasteiger partial charge on any atom is -0.480 e. The zero-order valence-electron chi connectivity index (χ0n) is 28.7. The van der Waals surface area contributed by atoms with E-state index in [4.69, 9.17) is 14.6 Å². The second-order valence-corrected chi connectivity index (χ2v) is 11.6. The first-order valence-electron chi connectivity index (χ1n) is 16.3. The predicted octanol–water partition coefficient (Wildman–Crippen LogP) is 5.77. The van der Waals surface area contributed by atoms with Crippen LogP contribution in [0.5, 0.6) is 0 Å². The van der Waals surface area contributed by atoms with Crippen LogP contribution in [-0.4, -0.2) is 72.4 Å². The van der Waals surface area contributed by atoms with Gasteiger partial charge in [0.05, 0.1) is 24.5 Å². The van der Waals surface area contributed by atoms with Crippen LogP contribution in [0.3, 0.4) is 0 Å². The fraction of sp³-hybridized carbons (Fsp3) is 0.132. The summed E-state index contributed by atoms with van der Waals surface area (Å²) in [6.07, 6.45) is 9.73. The molecule has 274 valence electrons. The molecule has 8 rings (SSSR count). The first-order chi connectivity index (χ1) is 26.4. The highest BCUT2D eigenvalue weighted by Gasteiger charge is 2.09. The number of aromatic nitrogens is 9. The Bertz CT molecular complexity index is 2350. The molecule has 8 aromatic rings. The topological polar surface area (TPSA) is 193 Å². The van der Waals surface area contributed by atoms with E-state index in [0.29, 0.717) is 23.4 Å². The van der Waals surface area contributed by atoms with Gasteiger partial charge in [-0.2, -0.15) is 0 Å². The lowest BCUT2D eigenvalue weighted by atomic mass is 10.2. The summed E-state index contributed by atoms with van der Waals surface area (Å²) in [6, 6.07) is 30.2. The van der Waals surface area contributed by atoms with Crippen molar-refractivity contribution in [3.8, 4) is 0 Å². The van der Waals surface area contributed by atoms with Crippen molar-refractivity contribution >= 4 is 67.3 Å². The molecule has 0 atom stereocenters. The van der Waals surface area contributed by atoms with Crippen LogP contribution in [0.4, 0.5) is 0 Å². The van der Waals surface area contributed by atoms with Gasteiger partial charge < -0.3 is 28.7 Å². The first-order valence-corrected chi connectivity index (χ1v) is 17.4. The van der Waals surface area contributed by atoms with E-state index in [1.807, 2.05) is 84.9 Å². The minimum atomic E-state index is -0.898. The number of carbonyl (C=O) groups excluding carboxylic acids is 2. The van der Waals surface area contributed by atoms with Crippen molar-refractivity contribution in [3.05, 3.63) is 146 Å². The molecule has 0 unspecified atom stereocenters. The van der Waals surface area contributed by atoms with E-state index in [1.54, 1.807) is 47.9 Å². The summed E-state index contributed by atoms with van der Waals surface area (Å²) in [5, 5.41) is 8.82. The van der Waals surface area contributed by atoms with Crippen LogP contribution >= 0.6 is 15.9 Å². The number of carbonyl (C=O) groups is 3. The SMILES string of the molecule is O=C(CBr)OCc1ccccc1.O=C(Cn1cnc2cccnc21)OCc1ccccc1.O=C(O)Cn1cnc2cccnc21.c1cnc2nc[nH]c2c1. The molecule has 0 amide bonds. The van der Waals surface area contributed by atoms with Crippen LogP contribution in [0.1, 0.15) is 11.1 Å². The Hall–Kier alpha value is -6.81. The van der Waals surface area contributed by atoms with Crippen LogP contribution in [-0.2, 0) is 50.2 Å². The molecule has 0 radical (unpaired) electrons. The van der Waals surface area contributed by atoms with Crippen LogP contribution in [0, 0.1) is 0 Å². The smallest absolute Gasteiger partial charge is 0.326 e. The molecule has 0 saturated heterocycles. The van der Waals surface area contributed by atoms with Crippen molar-refractivity contribution in [2.45, 2.75) is 26.3 Å². The lowest BCUT2D eigenvalue weighted by Gasteiger charge is -2.05. The number of rotatable bonds is 9. The van der Waals surface area contributed by atoms with Crippen molar-refractivity contribution in [1.29, 1.82) is 0 Å². The zero-order chi connectivity index (χ0) is 38.0. The maximum Gasteiger partial charge on any atom is 0.326 e. The summed E-state index contributed by atoms with van der Waals surface area (Å²) in [7, 11) is 0. The number of carboxylic acids is 1. The molecule has 0 aliphatic rings. The van der Waals surface area contributed by atoms with E-state index in [2.05, 4.69) is 50.8 Å². The molecule has 15 nitrogen and oxygen atoms in total. The number of hydrogen-bond donors (Lipinski definition) is 2. The number of carboxylic acid groups (broad SMARTS) is 1. The van der Waals surface area contributed by atoms with E-state index in [1.165, 1.54) is 10.9 Å². The summed E-state index contributed by atoms with van der Waals surface area (Å²) in [6.45, 7) is 0.638. The standard InChI is InChI=1S/C15H13N3O2.C9H9BrO2.C8H7N3O2.C6H5N3/c19-14(20-10-12-5-2-1-3-6-12)9-18-11-17-13-7-4-8-16-15(13)18;10-6-9(11)12-7-8-4-2-1-3-5-8;12-7(13)4-11-5-10-6-2-1-3-9-8(6)11;1-2-5-6(7-3-1)9-4-8-5/h1-8,11H,9-10H2;1-5H,6-7H2;1-3,5H,4H2,(H,12,13);1-4H,(H,7,8,9). The number of H-pyrrole nitrogens is 1. The number of nitrogens with one attached hydrogen (secondary N) is 1. The Morgan fingerprint density at radius 3 is 1.67 bits per heavy atom. The van der Waals surface area contributed by atoms with Gasteiger partial charge in [0, 0.05) is 18.6 Å². The molecule has 16 heteroatoms. The number of imidazole rings is 3. The Kier molecular flexibility index (Phi) is 14.4. The number of esters is 2. The maximum atomic E-state index is 11.8. The minimum absolute atomic E-state index is 0.104. The normalized spacial score (nSPS) is 10.2. The monoisotopic (exact) mass is 791 g/mol. The molecule has 6 heterocycles. The van der Waals surface area contributed by atoms with Gasteiger partial charge in [-0.05, 0) is 47.5 Å². The third-order valence-corrected chi connectivity index (χ3v) is 7.60. The average molecular weight is 793 g/mol. The Balaban J connectivity index is 0.000000145. The third kappa shape index (κ3) is 11.9. The molecule has 0 aliphatic carbocycles. The number of alkyl halides is 1. The van der Waals surface area contributed by atoms with Crippen molar-refractivity contribution in [1.82, 2.24) is 44.0 Å². The molecule has 0 spiro atoms.